The Kier molecular flexibility index (Phi) is 1.94. The average molecular weight is 214 g/mol. The van der Waals surface area contributed by atoms with Gasteiger partial charge in [0.2, 0.25) is 0 Å². The SMILES string of the molecule is O=C(O)c1cc(Cl)c2sncc2c1. The first-order chi connectivity index (χ1) is 6.18. The number of rotatable bonds is 1. The van der Waals surface area contributed by atoms with E-state index in [1.165, 1.54) is 17.6 Å². The summed E-state index contributed by atoms with van der Waals surface area (Å²) >= 11 is 7.11. The summed E-state index contributed by atoms with van der Waals surface area (Å²) in [5, 5.41) is 9.95. The number of carboxylic acids is 1. The van der Waals surface area contributed by atoms with Gasteiger partial charge in [-0.2, -0.15) is 4.37 Å². The lowest BCUT2D eigenvalue weighted by atomic mass is 10.2. The number of aromatic carboxylic acids is 1. The van der Waals surface area contributed by atoms with E-state index in [9.17, 15) is 4.79 Å². The van der Waals surface area contributed by atoms with E-state index in [-0.39, 0.29) is 5.56 Å². The van der Waals surface area contributed by atoms with Gasteiger partial charge in [-0.1, -0.05) is 11.6 Å². The second-order valence-corrected chi connectivity index (χ2v) is 3.72. The number of carbonyl (C=O) groups is 1. The van der Waals surface area contributed by atoms with Crippen LogP contribution in [0.4, 0.5) is 0 Å². The van der Waals surface area contributed by atoms with Crippen molar-refractivity contribution in [2.45, 2.75) is 0 Å². The fourth-order valence-corrected chi connectivity index (χ4v) is 2.03. The van der Waals surface area contributed by atoms with Crippen LogP contribution in [0.2, 0.25) is 5.02 Å². The molecule has 1 aromatic carbocycles. The van der Waals surface area contributed by atoms with Gasteiger partial charge in [0.05, 0.1) is 15.3 Å². The molecule has 0 aliphatic carbocycles. The van der Waals surface area contributed by atoms with Crippen molar-refractivity contribution in [3.05, 3.63) is 28.9 Å². The Morgan fingerprint density at radius 1 is 1.54 bits per heavy atom. The Morgan fingerprint density at radius 2 is 2.31 bits per heavy atom. The molecule has 3 nitrogen and oxygen atoms in total. The van der Waals surface area contributed by atoms with Gasteiger partial charge in [-0.3, -0.25) is 0 Å². The van der Waals surface area contributed by atoms with Gasteiger partial charge in [0.1, 0.15) is 0 Å². The summed E-state index contributed by atoms with van der Waals surface area (Å²) in [7, 11) is 0. The van der Waals surface area contributed by atoms with Crippen molar-refractivity contribution in [1.29, 1.82) is 0 Å². The molecule has 0 atom stereocenters. The van der Waals surface area contributed by atoms with Crippen LogP contribution in [0.3, 0.4) is 0 Å². The molecule has 0 aliphatic heterocycles. The molecule has 0 saturated heterocycles. The van der Waals surface area contributed by atoms with Crippen LogP contribution in [-0.2, 0) is 0 Å². The second kappa shape index (κ2) is 2.97. The topological polar surface area (TPSA) is 50.2 Å². The zero-order valence-electron chi connectivity index (χ0n) is 6.32. The van der Waals surface area contributed by atoms with E-state index in [1.807, 2.05) is 0 Å². The normalized spacial score (nSPS) is 10.5. The summed E-state index contributed by atoms with van der Waals surface area (Å²) in [6.45, 7) is 0. The van der Waals surface area contributed by atoms with Gasteiger partial charge in [0.15, 0.2) is 0 Å². The first kappa shape index (κ1) is 8.47. The fourth-order valence-electron chi connectivity index (χ4n) is 1.07. The molecule has 0 fully saturated rings. The van der Waals surface area contributed by atoms with Crippen molar-refractivity contribution < 1.29 is 9.90 Å². The van der Waals surface area contributed by atoms with E-state index in [0.29, 0.717) is 5.02 Å². The van der Waals surface area contributed by atoms with Gasteiger partial charge in [-0.15, -0.1) is 0 Å². The van der Waals surface area contributed by atoms with E-state index in [2.05, 4.69) is 4.37 Å². The maximum Gasteiger partial charge on any atom is 0.335 e. The van der Waals surface area contributed by atoms with Gasteiger partial charge >= 0.3 is 5.97 Å². The van der Waals surface area contributed by atoms with Crippen LogP contribution in [0, 0.1) is 0 Å². The van der Waals surface area contributed by atoms with Gasteiger partial charge in [0.25, 0.3) is 0 Å². The van der Waals surface area contributed by atoms with Crippen LogP contribution in [-0.4, -0.2) is 15.4 Å². The van der Waals surface area contributed by atoms with Crippen molar-refractivity contribution in [2.75, 3.05) is 0 Å². The molecule has 1 N–H and O–H groups in total. The first-order valence-corrected chi connectivity index (χ1v) is 4.61. The predicted molar refractivity (Wildman–Crippen MR) is 51.6 cm³/mol. The number of nitrogens with zero attached hydrogens (tertiary/aromatic N) is 1. The van der Waals surface area contributed by atoms with E-state index < -0.39 is 5.97 Å². The highest BCUT2D eigenvalue weighted by Gasteiger charge is 2.08. The van der Waals surface area contributed by atoms with Crippen LogP contribution in [0.5, 0.6) is 0 Å². The van der Waals surface area contributed by atoms with Crippen LogP contribution in [0.15, 0.2) is 18.3 Å². The number of carboxylic acid groups (broad SMARTS) is 1. The lowest BCUT2D eigenvalue weighted by Crippen LogP contribution is -1.94. The van der Waals surface area contributed by atoms with Gasteiger partial charge in [0, 0.05) is 11.6 Å². The maximum atomic E-state index is 10.6. The second-order valence-electron chi connectivity index (χ2n) is 2.51. The molecule has 0 amide bonds. The standard InChI is InChI=1S/C8H4ClNO2S/c9-6-2-4(8(11)12)1-5-3-10-13-7(5)6/h1-3H,(H,11,12). The van der Waals surface area contributed by atoms with Crippen LogP contribution in [0.25, 0.3) is 10.1 Å². The van der Waals surface area contributed by atoms with Gasteiger partial charge in [-0.25, -0.2) is 4.79 Å². The molecule has 66 valence electrons. The molecule has 0 aliphatic rings. The third-order valence-corrected chi connectivity index (χ3v) is 2.91. The molecular weight excluding hydrogens is 210 g/mol. The lowest BCUT2D eigenvalue weighted by molar-refractivity contribution is 0.0697. The maximum absolute atomic E-state index is 10.6. The zero-order valence-corrected chi connectivity index (χ0v) is 7.89. The molecule has 2 aromatic rings. The zero-order chi connectivity index (χ0) is 9.42. The molecule has 2 rings (SSSR count). The monoisotopic (exact) mass is 213 g/mol. The Morgan fingerprint density at radius 3 is 3.00 bits per heavy atom. The van der Waals surface area contributed by atoms with Crippen molar-refractivity contribution in [3.63, 3.8) is 0 Å². The summed E-state index contributed by atoms with van der Waals surface area (Å²) < 4.78 is 4.75. The highest BCUT2D eigenvalue weighted by molar-refractivity contribution is 7.14. The fraction of sp³-hybridized carbons (Fsp3) is 0. The number of fused-ring (bicyclic) bond motifs is 1. The number of hydrogen-bond acceptors (Lipinski definition) is 3. The van der Waals surface area contributed by atoms with E-state index >= 15 is 0 Å². The molecule has 0 saturated carbocycles. The highest BCUT2D eigenvalue weighted by Crippen LogP contribution is 2.28. The Labute approximate surface area is 82.7 Å². The van der Waals surface area contributed by atoms with E-state index in [0.717, 1.165) is 10.1 Å². The number of aromatic nitrogens is 1. The Hall–Kier alpha value is -1.13. The minimum atomic E-state index is -0.977. The highest BCUT2D eigenvalue weighted by atomic mass is 35.5. The lowest BCUT2D eigenvalue weighted by Gasteiger charge is -1.96. The van der Waals surface area contributed by atoms with Gasteiger partial charge in [-0.05, 0) is 23.7 Å². The molecule has 1 aromatic heterocycles. The van der Waals surface area contributed by atoms with Crippen molar-refractivity contribution in [3.8, 4) is 0 Å². The van der Waals surface area contributed by atoms with Crippen LogP contribution >= 0.6 is 23.1 Å². The number of hydrogen-bond donors (Lipinski definition) is 1. The van der Waals surface area contributed by atoms with Crippen LogP contribution < -0.4 is 0 Å². The number of benzene rings is 1. The molecule has 0 bridgehead atoms. The molecule has 1 heterocycles. The molecular formula is C8H4ClNO2S. The predicted octanol–water partition coefficient (Wildman–Crippen LogP) is 2.65. The minimum Gasteiger partial charge on any atom is -0.478 e. The first-order valence-electron chi connectivity index (χ1n) is 3.45. The van der Waals surface area contributed by atoms with Crippen molar-refractivity contribution >= 4 is 39.2 Å². The summed E-state index contributed by atoms with van der Waals surface area (Å²) in [4.78, 5) is 10.6. The smallest absolute Gasteiger partial charge is 0.335 e. The molecule has 13 heavy (non-hydrogen) atoms. The molecule has 0 spiro atoms. The summed E-state index contributed by atoms with van der Waals surface area (Å²) in [6, 6.07) is 3.00. The third-order valence-electron chi connectivity index (χ3n) is 1.66. The van der Waals surface area contributed by atoms with E-state index in [4.69, 9.17) is 16.7 Å². The Bertz CT molecular complexity index is 480. The summed E-state index contributed by atoms with van der Waals surface area (Å²) in [6.07, 6.45) is 1.61. The molecule has 5 heteroatoms. The van der Waals surface area contributed by atoms with Crippen molar-refractivity contribution in [2.24, 2.45) is 0 Å². The summed E-state index contributed by atoms with van der Waals surface area (Å²) in [5.74, 6) is -0.977. The van der Waals surface area contributed by atoms with E-state index in [1.54, 1.807) is 12.3 Å². The third kappa shape index (κ3) is 1.38. The summed E-state index contributed by atoms with van der Waals surface area (Å²) in [5.41, 5.74) is 0.192. The quantitative estimate of drug-likeness (QED) is 0.792. The average Bonchev–Trinajstić information content (AvgIpc) is 2.51. The van der Waals surface area contributed by atoms with Crippen molar-refractivity contribution in [1.82, 2.24) is 4.37 Å². The largest absolute Gasteiger partial charge is 0.478 e. The molecule has 0 unspecified atom stereocenters. The molecule has 0 radical (unpaired) electrons. The Balaban J connectivity index is 2.77. The minimum absolute atomic E-state index is 0.192. The number of halogens is 1. The van der Waals surface area contributed by atoms with Gasteiger partial charge < -0.3 is 5.11 Å². The van der Waals surface area contributed by atoms with Crippen LogP contribution in [0.1, 0.15) is 10.4 Å².